The standard InChI is InChI=1S/C26H37N3O5/c1-2-3-16-34-26(32)21-4-6-22(7-5-21)29-24(30)19-23(25(29)31)28-12-9-20(10-13-28)8-11-27-14-17-33-18-15-27/h4-7,20,23H,2-3,8-19H2,1H3/t23-/m0/s1. The van der Waals surface area contributed by atoms with E-state index in [4.69, 9.17) is 9.47 Å². The first-order valence-electron chi connectivity index (χ1n) is 12.7. The van der Waals surface area contributed by atoms with E-state index in [0.29, 0.717) is 23.8 Å². The number of amides is 2. The Bertz CT molecular complexity index is 844. The van der Waals surface area contributed by atoms with Crippen molar-refractivity contribution in [2.75, 3.05) is 57.4 Å². The maximum Gasteiger partial charge on any atom is 0.338 e. The number of rotatable bonds is 9. The van der Waals surface area contributed by atoms with Crippen LogP contribution < -0.4 is 4.90 Å². The summed E-state index contributed by atoms with van der Waals surface area (Å²) in [5.41, 5.74) is 0.942. The zero-order valence-electron chi connectivity index (χ0n) is 20.2. The summed E-state index contributed by atoms with van der Waals surface area (Å²) in [7, 11) is 0. The molecule has 0 saturated carbocycles. The smallest absolute Gasteiger partial charge is 0.338 e. The van der Waals surface area contributed by atoms with Gasteiger partial charge in [-0.05, 0) is 75.5 Å². The summed E-state index contributed by atoms with van der Waals surface area (Å²) in [5, 5.41) is 0. The van der Waals surface area contributed by atoms with Gasteiger partial charge in [0.2, 0.25) is 5.91 Å². The molecule has 0 aromatic heterocycles. The van der Waals surface area contributed by atoms with Gasteiger partial charge in [0, 0.05) is 13.1 Å². The third-order valence-electron chi connectivity index (χ3n) is 7.26. The maximum atomic E-state index is 13.2. The first-order chi connectivity index (χ1) is 16.6. The van der Waals surface area contributed by atoms with Crippen molar-refractivity contribution in [3.05, 3.63) is 29.8 Å². The Labute approximate surface area is 202 Å². The quantitative estimate of drug-likeness (QED) is 0.311. The molecule has 1 aromatic carbocycles. The molecule has 1 aromatic rings. The molecule has 3 aliphatic heterocycles. The van der Waals surface area contributed by atoms with Crippen LogP contribution in [0.1, 0.15) is 55.8 Å². The molecule has 0 bridgehead atoms. The van der Waals surface area contributed by atoms with E-state index in [-0.39, 0.29) is 30.2 Å². The number of carbonyl (C=O) groups is 3. The lowest BCUT2D eigenvalue weighted by molar-refractivity contribution is -0.123. The minimum atomic E-state index is -0.383. The molecule has 4 rings (SSSR count). The first kappa shape index (κ1) is 24.8. The number of nitrogens with zero attached hydrogens (tertiary/aromatic N) is 3. The van der Waals surface area contributed by atoms with Gasteiger partial charge in [-0.3, -0.25) is 19.4 Å². The molecule has 2 amide bonds. The number of unbranched alkanes of at least 4 members (excludes halogenated alkanes) is 1. The lowest BCUT2D eigenvalue weighted by atomic mass is 9.92. The van der Waals surface area contributed by atoms with E-state index < -0.39 is 0 Å². The topological polar surface area (TPSA) is 79.4 Å². The van der Waals surface area contributed by atoms with Crippen LogP contribution in [-0.4, -0.2) is 86.2 Å². The largest absolute Gasteiger partial charge is 0.462 e. The summed E-state index contributed by atoms with van der Waals surface area (Å²) in [4.78, 5) is 44.0. The molecular weight excluding hydrogens is 434 g/mol. The summed E-state index contributed by atoms with van der Waals surface area (Å²) < 4.78 is 10.7. The molecule has 0 spiro atoms. The van der Waals surface area contributed by atoms with Crippen LogP contribution in [0, 0.1) is 5.92 Å². The van der Waals surface area contributed by atoms with Crippen molar-refractivity contribution in [3.8, 4) is 0 Å². The highest BCUT2D eigenvalue weighted by molar-refractivity contribution is 6.22. The van der Waals surface area contributed by atoms with Gasteiger partial charge in [0.25, 0.3) is 5.91 Å². The minimum absolute atomic E-state index is 0.157. The van der Waals surface area contributed by atoms with E-state index in [1.54, 1.807) is 24.3 Å². The Balaban J connectivity index is 1.27. The molecule has 0 aliphatic carbocycles. The summed E-state index contributed by atoms with van der Waals surface area (Å²) in [6.07, 6.45) is 5.32. The molecule has 0 unspecified atom stereocenters. The number of esters is 1. The Morgan fingerprint density at radius 2 is 1.76 bits per heavy atom. The average molecular weight is 472 g/mol. The van der Waals surface area contributed by atoms with Gasteiger partial charge in [0.15, 0.2) is 0 Å². The van der Waals surface area contributed by atoms with Gasteiger partial charge in [0.05, 0.1) is 43.5 Å². The second kappa shape index (κ2) is 11.9. The molecule has 3 saturated heterocycles. The van der Waals surface area contributed by atoms with Crippen molar-refractivity contribution in [2.24, 2.45) is 5.92 Å². The van der Waals surface area contributed by atoms with Crippen LogP contribution in [0.3, 0.4) is 0 Å². The van der Waals surface area contributed by atoms with E-state index in [0.717, 1.165) is 71.6 Å². The number of benzene rings is 1. The van der Waals surface area contributed by atoms with Gasteiger partial charge in [-0.1, -0.05) is 13.3 Å². The maximum absolute atomic E-state index is 13.2. The van der Waals surface area contributed by atoms with E-state index in [9.17, 15) is 14.4 Å². The SMILES string of the molecule is CCCCOC(=O)c1ccc(N2C(=O)C[C@H](N3CCC(CCN4CCOCC4)CC3)C2=O)cc1. The number of hydrogen-bond donors (Lipinski definition) is 0. The molecular formula is C26H37N3O5. The molecule has 3 aliphatic rings. The third kappa shape index (κ3) is 6.03. The highest BCUT2D eigenvalue weighted by Gasteiger charge is 2.43. The molecule has 8 nitrogen and oxygen atoms in total. The van der Waals surface area contributed by atoms with Crippen molar-refractivity contribution in [2.45, 2.75) is 51.5 Å². The van der Waals surface area contributed by atoms with Crippen LogP contribution in [0.4, 0.5) is 5.69 Å². The number of anilines is 1. The Hall–Kier alpha value is -2.29. The molecule has 8 heteroatoms. The summed E-state index contributed by atoms with van der Waals surface area (Å²) >= 11 is 0. The lowest BCUT2D eigenvalue weighted by Gasteiger charge is -2.36. The number of likely N-dealkylation sites (tertiary alicyclic amines) is 1. The van der Waals surface area contributed by atoms with Crippen LogP contribution in [0.25, 0.3) is 0 Å². The van der Waals surface area contributed by atoms with Crippen molar-refractivity contribution in [1.29, 1.82) is 0 Å². The summed E-state index contributed by atoms with van der Waals surface area (Å²) in [6.45, 7) is 8.97. The van der Waals surface area contributed by atoms with Crippen LogP contribution >= 0.6 is 0 Å². The number of imide groups is 1. The third-order valence-corrected chi connectivity index (χ3v) is 7.26. The van der Waals surface area contributed by atoms with E-state index >= 15 is 0 Å². The molecule has 0 radical (unpaired) electrons. The van der Waals surface area contributed by atoms with Crippen molar-refractivity contribution in [3.63, 3.8) is 0 Å². The van der Waals surface area contributed by atoms with Crippen molar-refractivity contribution in [1.82, 2.24) is 9.80 Å². The van der Waals surface area contributed by atoms with Gasteiger partial charge in [-0.15, -0.1) is 0 Å². The van der Waals surface area contributed by atoms with E-state index in [1.165, 1.54) is 11.3 Å². The monoisotopic (exact) mass is 471 g/mol. The fraction of sp³-hybridized carbons (Fsp3) is 0.654. The number of piperidine rings is 1. The lowest BCUT2D eigenvalue weighted by Crippen LogP contribution is -2.46. The fourth-order valence-corrected chi connectivity index (χ4v) is 5.05. The Morgan fingerprint density at radius 3 is 2.44 bits per heavy atom. The second-order valence-corrected chi connectivity index (χ2v) is 9.55. The van der Waals surface area contributed by atoms with E-state index in [2.05, 4.69) is 9.80 Å². The second-order valence-electron chi connectivity index (χ2n) is 9.55. The predicted molar refractivity (Wildman–Crippen MR) is 129 cm³/mol. The molecule has 34 heavy (non-hydrogen) atoms. The van der Waals surface area contributed by atoms with Crippen LogP contribution in [-0.2, 0) is 19.1 Å². The van der Waals surface area contributed by atoms with Gasteiger partial charge < -0.3 is 9.47 Å². The number of morpholine rings is 1. The molecule has 1 atom stereocenters. The van der Waals surface area contributed by atoms with Gasteiger partial charge in [0.1, 0.15) is 0 Å². The molecule has 186 valence electrons. The number of hydrogen-bond acceptors (Lipinski definition) is 7. The van der Waals surface area contributed by atoms with Gasteiger partial charge in [-0.2, -0.15) is 0 Å². The van der Waals surface area contributed by atoms with Gasteiger partial charge in [-0.25, -0.2) is 9.69 Å². The number of carbonyl (C=O) groups excluding carboxylic acids is 3. The first-order valence-corrected chi connectivity index (χ1v) is 12.7. The van der Waals surface area contributed by atoms with Crippen LogP contribution in [0.2, 0.25) is 0 Å². The highest BCUT2D eigenvalue weighted by atomic mass is 16.5. The van der Waals surface area contributed by atoms with Crippen LogP contribution in [0.5, 0.6) is 0 Å². The Morgan fingerprint density at radius 1 is 1.06 bits per heavy atom. The summed E-state index contributed by atoms with van der Waals surface area (Å²) in [6, 6.07) is 6.18. The van der Waals surface area contributed by atoms with Crippen molar-refractivity contribution < 1.29 is 23.9 Å². The molecule has 0 N–H and O–H groups in total. The normalized spacial score (nSPS) is 23.0. The zero-order chi connectivity index (χ0) is 23.9. The number of ether oxygens (including phenoxy) is 2. The fourth-order valence-electron chi connectivity index (χ4n) is 5.05. The van der Waals surface area contributed by atoms with Gasteiger partial charge >= 0.3 is 5.97 Å². The van der Waals surface area contributed by atoms with Crippen molar-refractivity contribution >= 4 is 23.5 Å². The minimum Gasteiger partial charge on any atom is -0.462 e. The van der Waals surface area contributed by atoms with Crippen LogP contribution in [0.15, 0.2) is 24.3 Å². The molecule has 3 fully saturated rings. The predicted octanol–water partition coefficient (Wildman–Crippen LogP) is 2.71. The van der Waals surface area contributed by atoms with E-state index in [1.807, 2.05) is 6.92 Å². The highest BCUT2D eigenvalue weighted by Crippen LogP contribution is 2.30. The zero-order valence-corrected chi connectivity index (χ0v) is 20.2. The summed E-state index contributed by atoms with van der Waals surface area (Å²) in [5.74, 6) is -0.0433. The average Bonchev–Trinajstić information content (AvgIpc) is 3.17. The molecule has 3 heterocycles. The Kier molecular flexibility index (Phi) is 8.69.